The van der Waals surface area contributed by atoms with Crippen LogP contribution in [0, 0.1) is 5.92 Å². The molecule has 0 spiro atoms. The molecule has 3 aromatic rings. The van der Waals surface area contributed by atoms with Gasteiger partial charge in [-0.05, 0) is 48.1 Å². The van der Waals surface area contributed by atoms with Crippen LogP contribution in [0.3, 0.4) is 0 Å². The lowest BCUT2D eigenvalue weighted by molar-refractivity contribution is 0.00778. The van der Waals surface area contributed by atoms with Crippen LogP contribution in [0.5, 0.6) is 0 Å². The van der Waals surface area contributed by atoms with Crippen LogP contribution in [-0.2, 0) is 20.0 Å². The van der Waals surface area contributed by atoms with Gasteiger partial charge < -0.3 is 21.3 Å². The monoisotopic (exact) mass is 611 g/mol. The number of halogens is 1. The van der Waals surface area contributed by atoms with E-state index in [2.05, 4.69) is 35.4 Å². The Kier molecular flexibility index (Phi) is 8.11. The van der Waals surface area contributed by atoms with Gasteiger partial charge in [0.25, 0.3) is 0 Å². The topological polar surface area (TPSA) is 191 Å². The number of aliphatic hydroxyl groups is 2. The van der Waals surface area contributed by atoms with Crippen molar-refractivity contribution in [3.63, 3.8) is 0 Å². The van der Waals surface area contributed by atoms with Crippen molar-refractivity contribution < 1.29 is 27.6 Å². The van der Waals surface area contributed by atoms with Gasteiger partial charge >= 0.3 is 10.3 Å². The van der Waals surface area contributed by atoms with Gasteiger partial charge in [0, 0.05) is 16.6 Å². The minimum atomic E-state index is -4.19. The van der Waals surface area contributed by atoms with Crippen LogP contribution < -0.4 is 16.2 Å². The number of carbonyl (C=O) groups is 1. The summed E-state index contributed by atoms with van der Waals surface area (Å²) in [6.07, 6.45) is 0.245. The van der Waals surface area contributed by atoms with Crippen molar-refractivity contribution in [3.05, 3.63) is 74.3 Å². The van der Waals surface area contributed by atoms with E-state index in [1.807, 2.05) is 36.6 Å². The molecule has 2 heterocycles. The Morgan fingerprint density at radius 2 is 2.05 bits per heavy atom. The first-order chi connectivity index (χ1) is 17.4. The van der Waals surface area contributed by atoms with E-state index in [-0.39, 0.29) is 23.6 Å². The highest BCUT2D eigenvalue weighted by Crippen LogP contribution is 2.34. The van der Waals surface area contributed by atoms with Gasteiger partial charge in [-0.15, -0.1) is 11.3 Å². The minimum Gasteiger partial charge on any atom is -0.390 e. The number of ketones is 1. The number of aromatic nitrogens is 2. The number of thiophene rings is 1. The van der Waals surface area contributed by atoms with Crippen LogP contribution in [-0.4, -0.2) is 59.2 Å². The fourth-order valence-electron chi connectivity index (χ4n) is 4.24. The summed E-state index contributed by atoms with van der Waals surface area (Å²) >= 11 is 4.70. The van der Waals surface area contributed by atoms with E-state index in [1.54, 1.807) is 6.07 Å². The van der Waals surface area contributed by atoms with Gasteiger partial charge in [0.2, 0.25) is 5.78 Å². The van der Waals surface area contributed by atoms with Crippen molar-refractivity contribution in [2.45, 2.75) is 37.1 Å². The number of nitrogens with zero attached hydrogens (tertiary/aromatic N) is 2. The predicted molar refractivity (Wildman–Crippen MR) is 141 cm³/mol. The smallest absolute Gasteiger partial charge is 0.333 e. The standard InChI is InChI=1S/C23H26BrN5O6S2/c1-23(25,13-3-2-4-15(24)6-13)14-7-18(36-10-14)20(31)16-8-27-11-28-22(16)29-17-5-12(19(30)21(17)32)9-35-37(26,33)34/h2-4,6-8,10-12,17,19,21,30,32H,5,9,25H2,1H3,(H2,26,33,34)(H,27,28,29)/t12-,17-,19-,21+,23-/m1/s1. The maximum Gasteiger partial charge on any atom is 0.333 e. The summed E-state index contributed by atoms with van der Waals surface area (Å²) in [6, 6.07) is 8.64. The highest BCUT2D eigenvalue weighted by Gasteiger charge is 2.42. The number of aliphatic hydroxyl groups excluding tert-OH is 2. The molecule has 0 saturated heterocycles. The number of hydrogen-bond acceptors (Lipinski definition) is 11. The number of carbonyl (C=O) groups excluding carboxylic acids is 1. The zero-order valence-electron chi connectivity index (χ0n) is 19.6. The number of anilines is 1. The Bertz CT molecular complexity index is 1400. The largest absolute Gasteiger partial charge is 0.390 e. The Labute approximate surface area is 226 Å². The zero-order valence-corrected chi connectivity index (χ0v) is 22.8. The van der Waals surface area contributed by atoms with Gasteiger partial charge in [-0.2, -0.15) is 8.42 Å². The normalized spacial score (nSPS) is 23.5. The molecule has 198 valence electrons. The van der Waals surface area contributed by atoms with Crippen LogP contribution in [0.15, 0.2) is 52.7 Å². The van der Waals surface area contributed by atoms with Gasteiger partial charge in [0.15, 0.2) is 0 Å². The lowest BCUT2D eigenvalue weighted by Gasteiger charge is -2.24. The molecule has 0 unspecified atom stereocenters. The molecule has 37 heavy (non-hydrogen) atoms. The summed E-state index contributed by atoms with van der Waals surface area (Å²) in [7, 11) is -4.19. The van der Waals surface area contributed by atoms with E-state index in [1.165, 1.54) is 23.9 Å². The molecule has 0 amide bonds. The number of hydrogen-bond donors (Lipinski definition) is 5. The molecule has 5 atom stereocenters. The van der Waals surface area contributed by atoms with E-state index in [4.69, 9.17) is 10.9 Å². The average molecular weight is 613 g/mol. The molecule has 1 fully saturated rings. The third-order valence-electron chi connectivity index (χ3n) is 6.37. The molecule has 0 aliphatic heterocycles. The molecular formula is C23H26BrN5O6S2. The summed E-state index contributed by atoms with van der Waals surface area (Å²) in [4.78, 5) is 22.0. The van der Waals surface area contributed by atoms with E-state index < -0.39 is 46.6 Å². The van der Waals surface area contributed by atoms with Gasteiger partial charge in [0.1, 0.15) is 18.2 Å². The maximum absolute atomic E-state index is 13.4. The summed E-state index contributed by atoms with van der Waals surface area (Å²) in [5, 5.41) is 30.5. The van der Waals surface area contributed by atoms with Crippen LogP contribution in [0.25, 0.3) is 0 Å². The Morgan fingerprint density at radius 3 is 2.76 bits per heavy atom. The second kappa shape index (κ2) is 10.8. The molecule has 7 N–H and O–H groups in total. The maximum atomic E-state index is 13.4. The van der Waals surface area contributed by atoms with Crippen molar-refractivity contribution in [3.8, 4) is 0 Å². The second-order valence-electron chi connectivity index (χ2n) is 9.03. The third kappa shape index (κ3) is 6.23. The summed E-state index contributed by atoms with van der Waals surface area (Å²) in [5.74, 6) is -0.875. The van der Waals surface area contributed by atoms with Crippen LogP contribution in [0.4, 0.5) is 5.82 Å². The van der Waals surface area contributed by atoms with E-state index in [0.29, 0.717) is 4.88 Å². The molecular weight excluding hydrogens is 586 g/mol. The average Bonchev–Trinajstić information content (AvgIpc) is 3.44. The molecule has 4 rings (SSSR count). The number of rotatable bonds is 9. The minimum absolute atomic E-state index is 0.150. The number of benzene rings is 1. The van der Waals surface area contributed by atoms with E-state index in [9.17, 15) is 23.4 Å². The highest BCUT2D eigenvalue weighted by atomic mass is 79.9. The SMILES string of the molecule is C[C@@](N)(c1cccc(Br)c1)c1csc(C(=O)c2cncnc2N[C@@H]2C[C@H](COS(N)(=O)=O)[C@@H](O)[C@H]2O)c1. The summed E-state index contributed by atoms with van der Waals surface area (Å²) < 4.78 is 27.7. The fourth-order valence-corrected chi connectivity index (χ4v) is 5.98. The van der Waals surface area contributed by atoms with Crippen molar-refractivity contribution >= 4 is 49.2 Å². The Morgan fingerprint density at radius 1 is 1.30 bits per heavy atom. The van der Waals surface area contributed by atoms with Crippen LogP contribution >= 0.6 is 27.3 Å². The van der Waals surface area contributed by atoms with Gasteiger partial charge in [-0.25, -0.2) is 15.1 Å². The van der Waals surface area contributed by atoms with Crippen molar-refractivity contribution in [1.82, 2.24) is 9.97 Å². The lowest BCUT2D eigenvalue weighted by Crippen LogP contribution is -2.36. The Balaban J connectivity index is 1.53. The molecule has 1 aliphatic carbocycles. The third-order valence-corrected chi connectivity index (χ3v) is 8.26. The van der Waals surface area contributed by atoms with Crippen molar-refractivity contribution in [1.29, 1.82) is 0 Å². The van der Waals surface area contributed by atoms with Gasteiger partial charge in [-0.1, -0.05) is 28.1 Å². The quantitative estimate of drug-likeness (QED) is 0.221. The Hall–Kier alpha value is -2.30. The first-order valence-electron chi connectivity index (χ1n) is 11.2. The van der Waals surface area contributed by atoms with Crippen LogP contribution in [0.1, 0.15) is 39.7 Å². The number of nitrogens with one attached hydrogen (secondary N) is 1. The highest BCUT2D eigenvalue weighted by molar-refractivity contribution is 9.10. The molecule has 0 radical (unpaired) electrons. The first-order valence-corrected chi connectivity index (χ1v) is 14.3. The predicted octanol–water partition coefficient (Wildman–Crippen LogP) is 1.50. The number of nitrogens with two attached hydrogens (primary N) is 2. The lowest BCUT2D eigenvalue weighted by atomic mass is 9.87. The first kappa shape index (κ1) is 27.7. The molecule has 1 saturated carbocycles. The summed E-state index contributed by atoms with van der Waals surface area (Å²) in [5.41, 5.74) is 7.61. The van der Waals surface area contributed by atoms with Crippen molar-refractivity contribution in [2.75, 3.05) is 11.9 Å². The van der Waals surface area contributed by atoms with Gasteiger partial charge in [0.05, 0.1) is 34.7 Å². The van der Waals surface area contributed by atoms with E-state index in [0.717, 1.165) is 15.6 Å². The zero-order chi connectivity index (χ0) is 27.0. The second-order valence-corrected chi connectivity index (χ2v) is 12.1. The van der Waals surface area contributed by atoms with Gasteiger partial charge in [-0.3, -0.25) is 8.98 Å². The molecule has 11 nitrogen and oxygen atoms in total. The van der Waals surface area contributed by atoms with Crippen LogP contribution in [0.2, 0.25) is 0 Å². The van der Waals surface area contributed by atoms with E-state index >= 15 is 0 Å². The molecule has 14 heteroatoms. The molecule has 1 aromatic carbocycles. The van der Waals surface area contributed by atoms with Crippen molar-refractivity contribution in [2.24, 2.45) is 16.8 Å². The molecule has 1 aliphatic rings. The molecule has 2 aromatic heterocycles. The summed E-state index contributed by atoms with van der Waals surface area (Å²) in [6.45, 7) is 1.48. The molecule has 0 bridgehead atoms. The fraction of sp³-hybridized carbons (Fsp3) is 0.348.